The molecule has 1 N–H and O–H groups in total. The smallest absolute Gasteiger partial charge is 0.327 e. The number of nitrogens with zero attached hydrogens (tertiary/aromatic N) is 2. The van der Waals surface area contributed by atoms with E-state index >= 15 is 0 Å². The van der Waals surface area contributed by atoms with Gasteiger partial charge in [-0.15, -0.1) is 0 Å². The van der Waals surface area contributed by atoms with E-state index in [2.05, 4.69) is 4.98 Å². The van der Waals surface area contributed by atoms with E-state index in [1.807, 2.05) is 64.1 Å². The summed E-state index contributed by atoms with van der Waals surface area (Å²) in [4.78, 5) is 30.8. The number of ether oxygens (including phenoxy) is 1. The van der Waals surface area contributed by atoms with Crippen LogP contribution in [0.4, 0.5) is 0 Å². The molecule has 32 heavy (non-hydrogen) atoms. The molecule has 0 spiro atoms. The second-order valence-electron chi connectivity index (χ2n) is 7.88. The normalized spacial score (nSPS) is 17.2. The molecule has 2 atom stereocenters. The number of thiocarbonyl (C=S) groups is 1. The summed E-state index contributed by atoms with van der Waals surface area (Å²) in [6.45, 7) is 7.67. The largest absolute Gasteiger partial charge is 0.491 e. The number of benzene rings is 1. The third-order valence-corrected chi connectivity index (χ3v) is 6.49. The Labute approximate surface area is 197 Å². The summed E-state index contributed by atoms with van der Waals surface area (Å²) in [6, 6.07) is 10.6. The summed E-state index contributed by atoms with van der Waals surface area (Å²) in [5.41, 5.74) is 2.54. The molecule has 1 aliphatic rings. The van der Waals surface area contributed by atoms with Gasteiger partial charge >= 0.3 is 5.97 Å². The zero-order chi connectivity index (χ0) is 23.4. The van der Waals surface area contributed by atoms with Crippen LogP contribution in [0.15, 0.2) is 47.5 Å². The first-order valence-electron chi connectivity index (χ1n) is 10.4. The number of pyridine rings is 1. The Hall–Kier alpha value is -2.71. The Morgan fingerprint density at radius 2 is 1.84 bits per heavy atom. The number of amides is 1. The van der Waals surface area contributed by atoms with Crippen molar-refractivity contribution in [1.82, 2.24) is 9.88 Å². The Morgan fingerprint density at radius 1 is 1.19 bits per heavy atom. The van der Waals surface area contributed by atoms with Gasteiger partial charge < -0.3 is 9.84 Å². The second kappa shape index (κ2) is 10.3. The van der Waals surface area contributed by atoms with Crippen molar-refractivity contribution in [2.75, 3.05) is 0 Å². The molecule has 0 saturated carbocycles. The van der Waals surface area contributed by atoms with Gasteiger partial charge in [0, 0.05) is 11.8 Å². The topological polar surface area (TPSA) is 79.7 Å². The van der Waals surface area contributed by atoms with Gasteiger partial charge in [0.15, 0.2) is 0 Å². The molecule has 3 rings (SSSR count). The van der Waals surface area contributed by atoms with Crippen LogP contribution in [0.2, 0.25) is 0 Å². The molecule has 1 amide bonds. The lowest BCUT2D eigenvalue weighted by molar-refractivity contribution is -0.147. The van der Waals surface area contributed by atoms with E-state index in [0.29, 0.717) is 17.0 Å². The molecule has 1 aromatic heterocycles. The maximum absolute atomic E-state index is 12.9. The zero-order valence-corrected chi connectivity index (χ0v) is 20.1. The Kier molecular flexibility index (Phi) is 7.69. The second-order valence-corrected chi connectivity index (χ2v) is 9.56. The molecule has 0 unspecified atom stereocenters. The third kappa shape index (κ3) is 5.37. The minimum atomic E-state index is -1.05. The highest BCUT2D eigenvalue weighted by Crippen LogP contribution is 2.36. The van der Waals surface area contributed by atoms with E-state index < -0.39 is 12.0 Å². The van der Waals surface area contributed by atoms with Crippen LogP contribution >= 0.6 is 24.0 Å². The summed E-state index contributed by atoms with van der Waals surface area (Å²) in [5, 5.41) is 9.64. The van der Waals surface area contributed by atoms with Gasteiger partial charge in [-0.2, -0.15) is 0 Å². The average Bonchev–Trinajstić information content (AvgIpc) is 3.02. The molecule has 2 aromatic rings. The molecule has 168 valence electrons. The van der Waals surface area contributed by atoms with E-state index in [-0.39, 0.29) is 22.2 Å². The Bertz CT molecular complexity index is 1030. The molecule has 2 heterocycles. The van der Waals surface area contributed by atoms with Crippen molar-refractivity contribution in [2.24, 2.45) is 5.92 Å². The van der Waals surface area contributed by atoms with E-state index in [9.17, 15) is 14.7 Å². The monoisotopic (exact) mass is 470 g/mol. The molecule has 1 saturated heterocycles. The molecule has 1 aliphatic heterocycles. The van der Waals surface area contributed by atoms with Gasteiger partial charge in [0.1, 0.15) is 16.1 Å². The van der Waals surface area contributed by atoms with Gasteiger partial charge in [-0.25, -0.2) is 4.79 Å². The molecular weight excluding hydrogens is 444 g/mol. The summed E-state index contributed by atoms with van der Waals surface area (Å²) in [7, 11) is 0. The number of carboxylic acids is 1. The van der Waals surface area contributed by atoms with Crippen LogP contribution in [0.5, 0.6) is 5.75 Å². The average molecular weight is 471 g/mol. The maximum Gasteiger partial charge on any atom is 0.327 e. The SMILES string of the molecule is CC[C@@H](C)[C@@H](C(=O)O)N1C(=O)C(=Cc2ccc(-c3ccc(OC(C)C)cc3)cn2)SC1=S. The van der Waals surface area contributed by atoms with Crippen molar-refractivity contribution >= 4 is 46.3 Å². The fourth-order valence-corrected chi connectivity index (χ4v) is 4.66. The predicted molar refractivity (Wildman–Crippen MR) is 131 cm³/mol. The number of rotatable bonds is 8. The highest BCUT2D eigenvalue weighted by Gasteiger charge is 2.42. The van der Waals surface area contributed by atoms with Crippen LogP contribution < -0.4 is 4.74 Å². The summed E-state index contributed by atoms with van der Waals surface area (Å²) < 4.78 is 5.93. The summed E-state index contributed by atoms with van der Waals surface area (Å²) in [5.74, 6) is -0.847. The molecule has 0 bridgehead atoms. The van der Waals surface area contributed by atoms with Crippen molar-refractivity contribution in [3.05, 3.63) is 53.2 Å². The van der Waals surface area contributed by atoms with E-state index in [1.54, 1.807) is 12.3 Å². The van der Waals surface area contributed by atoms with Gasteiger partial charge in [-0.1, -0.05) is 62.4 Å². The van der Waals surface area contributed by atoms with Crippen LogP contribution in [0, 0.1) is 5.92 Å². The first-order chi connectivity index (χ1) is 15.2. The number of carboxylic acid groups (broad SMARTS) is 1. The quantitative estimate of drug-likeness (QED) is 0.418. The lowest BCUT2D eigenvalue weighted by atomic mass is 9.98. The van der Waals surface area contributed by atoms with Crippen molar-refractivity contribution in [1.29, 1.82) is 0 Å². The van der Waals surface area contributed by atoms with Crippen molar-refractivity contribution in [3.63, 3.8) is 0 Å². The van der Waals surface area contributed by atoms with E-state index in [0.717, 1.165) is 28.6 Å². The number of thioether (sulfide) groups is 1. The van der Waals surface area contributed by atoms with Gasteiger partial charge in [0.05, 0.1) is 16.7 Å². The molecule has 0 aliphatic carbocycles. The third-order valence-electron chi connectivity index (χ3n) is 5.16. The van der Waals surface area contributed by atoms with Crippen LogP contribution in [0.1, 0.15) is 39.8 Å². The maximum atomic E-state index is 12.9. The van der Waals surface area contributed by atoms with Crippen molar-refractivity contribution < 1.29 is 19.4 Å². The number of aliphatic carboxylic acids is 1. The molecule has 1 fully saturated rings. The highest BCUT2D eigenvalue weighted by molar-refractivity contribution is 8.26. The number of aromatic nitrogens is 1. The van der Waals surface area contributed by atoms with Crippen molar-refractivity contribution in [2.45, 2.75) is 46.3 Å². The van der Waals surface area contributed by atoms with E-state index in [4.69, 9.17) is 17.0 Å². The molecule has 0 radical (unpaired) electrons. The lowest BCUT2D eigenvalue weighted by Crippen LogP contribution is -2.47. The van der Waals surface area contributed by atoms with Gasteiger partial charge in [0.25, 0.3) is 5.91 Å². The minimum absolute atomic E-state index is 0.116. The van der Waals surface area contributed by atoms with Crippen LogP contribution in [0.25, 0.3) is 17.2 Å². The molecule has 6 nitrogen and oxygen atoms in total. The fourth-order valence-electron chi connectivity index (χ4n) is 3.35. The number of carbonyl (C=O) groups is 2. The summed E-state index contributed by atoms with van der Waals surface area (Å²) in [6.07, 6.45) is 4.13. The number of carbonyl (C=O) groups excluding carboxylic acids is 1. The lowest BCUT2D eigenvalue weighted by Gasteiger charge is -2.27. The predicted octanol–water partition coefficient (Wildman–Crippen LogP) is 5.24. The van der Waals surface area contributed by atoms with Crippen LogP contribution in [-0.2, 0) is 9.59 Å². The summed E-state index contributed by atoms with van der Waals surface area (Å²) >= 11 is 6.44. The Balaban J connectivity index is 1.78. The number of hydrogen-bond acceptors (Lipinski definition) is 6. The highest BCUT2D eigenvalue weighted by atomic mass is 32.2. The minimum Gasteiger partial charge on any atom is -0.491 e. The van der Waals surface area contributed by atoms with Gasteiger partial charge in [0.2, 0.25) is 0 Å². The van der Waals surface area contributed by atoms with Crippen molar-refractivity contribution in [3.8, 4) is 16.9 Å². The zero-order valence-electron chi connectivity index (χ0n) is 18.4. The van der Waals surface area contributed by atoms with Crippen LogP contribution in [0.3, 0.4) is 0 Å². The fraction of sp³-hybridized carbons (Fsp3) is 0.333. The first-order valence-corrected chi connectivity index (χ1v) is 11.7. The van der Waals surface area contributed by atoms with E-state index in [1.165, 1.54) is 4.90 Å². The number of hydrogen-bond donors (Lipinski definition) is 1. The molecule has 1 aromatic carbocycles. The molecular formula is C24H26N2O4S2. The van der Waals surface area contributed by atoms with Gasteiger partial charge in [-0.05, 0) is 49.6 Å². The molecule has 8 heteroatoms. The Morgan fingerprint density at radius 3 is 2.38 bits per heavy atom. The standard InChI is InChI=1S/C24H26N2O4S2/c1-5-15(4)21(23(28)29)26-22(27)20(32-24(26)31)12-18-9-6-17(13-25-18)16-7-10-19(11-8-16)30-14(2)3/h6-15,21H,5H2,1-4H3,(H,28,29)/t15-,21+/m1/s1. The van der Waals surface area contributed by atoms with Crippen LogP contribution in [-0.4, -0.2) is 43.3 Å². The first kappa shape index (κ1) is 23.9. The van der Waals surface area contributed by atoms with Gasteiger partial charge in [-0.3, -0.25) is 14.7 Å².